The van der Waals surface area contributed by atoms with Gasteiger partial charge in [0.25, 0.3) is 0 Å². The van der Waals surface area contributed by atoms with Gasteiger partial charge in [-0.3, -0.25) is 0 Å². The number of ether oxygens (including phenoxy) is 1. The number of benzene rings is 1. The van der Waals surface area contributed by atoms with E-state index in [4.69, 9.17) is 9.15 Å². The van der Waals surface area contributed by atoms with Crippen molar-refractivity contribution in [2.45, 2.75) is 13.5 Å². The lowest BCUT2D eigenvalue weighted by atomic mass is 10.2. The minimum absolute atomic E-state index is 0.466. The fourth-order valence-electron chi connectivity index (χ4n) is 1.26. The quantitative estimate of drug-likeness (QED) is 0.840. The summed E-state index contributed by atoms with van der Waals surface area (Å²) >= 11 is 3.45. The van der Waals surface area contributed by atoms with E-state index >= 15 is 0 Å². The van der Waals surface area contributed by atoms with E-state index in [9.17, 15) is 0 Å². The molecule has 2 nitrogen and oxygen atoms in total. The summed E-state index contributed by atoms with van der Waals surface area (Å²) in [5.41, 5.74) is 1.16. The summed E-state index contributed by atoms with van der Waals surface area (Å²) in [6.45, 7) is 2.50. The average Bonchev–Trinajstić information content (AvgIpc) is 2.73. The van der Waals surface area contributed by atoms with Crippen molar-refractivity contribution in [3.63, 3.8) is 0 Å². The molecule has 0 saturated carbocycles. The lowest BCUT2D eigenvalue weighted by molar-refractivity contribution is 0.270. The van der Waals surface area contributed by atoms with Gasteiger partial charge in [0.05, 0.1) is 6.26 Å². The van der Waals surface area contributed by atoms with Gasteiger partial charge in [0, 0.05) is 4.47 Å². The van der Waals surface area contributed by atoms with Gasteiger partial charge in [0.15, 0.2) is 0 Å². The Morgan fingerprint density at radius 2 is 2.20 bits per heavy atom. The van der Waals surface area contributed by atoms with Crippen molar-refractivity contribution in [1.29, 1.82) is 0 Å². The van der Waals surface area contributed by atoms with Crippen LogP contribution in [0.5, 0.6) is 5.75 Å². The number of aryl methyl sites for hydroxylation is 1. The topological polar surface area (TPSA) is 22.4 Å². The summed E-state index contributed by atoms with van der Waals surface area (Å²) in [5.74, 6) is 1.68. The first-order chi connectivity index (χ1) is 7.25. The van der Waals surface area contributed by atoms with Crippen LogP contribution in [0.1, 0.15) is 11.3 Å². The Hall–Kier alpha value is -1.22. The first-order valence-electron chi connectivity index (χ1n) is 4.67. The van der Waals surface area contributed by atoms with Crippen LogP contribution >= 0.6 is 15.9 Å². The monoisotopic (exact) mass is 266 g/mol. The van der Waals surface area contributed by atoms with Gasteiger partial charge in [-0.15, -0.1) is 0 Å². The zero-order valence-corrected chi connectivity index (χ0v) is 9.95. The maximum absolute atomic E-state index is 5.57. The Balaban J connectivity index is 2.02. The molecule has 15 heavy (non-hydrogen) atoms. The van der Waals surface area contributed by atoms with E-state index in [1.54, 1.807) is 6.26 Å². The maximum Gasteiger partial charge on any atom is 0.146 e. The molecule has 1 aromatic heterocycles. The lowest BCUT2D eigenvalue weighted by Crippen LogP contribution is -1.93. The fourth-order valence-corrected chi connectivity index (χ4v) is 1.50. The molecule has 0 saturated heterocycles. The largest absolute Gasteiger partial charge is 0.486 e. The molecule has 1 heterocycles. The van der Waals surface area contributed by atoms with Crippen LogP contribution < -0.4 is 4.74 Å². The van der Waals surface area contributed by atoms with Gasteiger partial charge in [-0.1, -0.05) is 15.9 Å². The molecule has 0 atom stereocenters. The van der Waals surface area contributed by atoms with Crippen molar-refractivity contribution in [2.24, 2.45) is 0 Å². The molecule has 1 aromatic carbocycles. The van der Waals surface area contributed by atoms with Crippen molar-refractivity contribution in [2.75, 3.05) is 0 Å². The number of hydrogen-bond acceptors (Lipinski definition) is 2. The van der Waals surface area contributed by atoms with Gasteiger partial charge in [-0.25, -0.2) is 0 Å². The van der Waals surface area contributed by atoms with Crippen molar-refractivity contribution in [3.8, 4) is 5.75 Å². The summed E-state index contributed by atoms with van der Waals surface area (Å²) in [4.78, 5) is 0. The molecule has 0 fully saturated rings. The van der Waals surface area contributed by atoms with Crippen LogP contribution in [0.4, 0.5) is 0 Å². The first-order valence-corrected chi connectivity index (χ1v) is 5.46. The van der Waals surface area contributed by atoms with Gasteiger partial charge in [0.1, 0.15) is 18.1 Å². The zero-order valence-electron chi connectivity index (χ0n) is 8.37. The maximum atomic E-state index is 5.57. The van der Waals surface area contributed by atoms with Crippen LogP contribution in [0.3, 0.4) is 0 Å². The van der Waals surface area contributed by atoms with E-state index in [-0.39, 0.29) is 0 Å². The minimum atomic E-state index is 0.466. The van der Waals surface area contributed by atoms with Gasteiger partial charge in [-0.05, 0) is 42.8 Å². The Morgan fingerprint density at radius 3 is 2.87 bits per heavy atom. The van der Waals surface area contributed by atoms with Crippen LogP contribution in [-0.2, 0) is 6.61 Å². The van der Waals surface area contributed by atoms with Crippen molar-refractivity contribution < 1.29 is 9.15 Å². The first kappa shape index (κ1) is 10.3. The lowest BCUT2D eigenvalue weighted by Gasteiger charge is -2.05. The van der Waals surface area contributed by atoms with Crippen molar-refractivity contribution >= 4 is 15.9 Å². The average molecular weight is 267 g/mol. The highest BCUT2D eigenvalue weighted by atomic mass is 79.9. The van der Waals surface area contributed by atoms with E-state index in [0.717, 1.165) is 21.5 Å². The molecule has 78 valence electrons. The van der Waals surface area contributed by atoms with E-state index in [1.807, 2.05) is 37.3 Å². The number of halogens is 1. The zero-order chi connectivity index (χ0) is 10.7. The molecule has 3 heteroatoms. The van der Waals surface area contributed by atoms with Gasteiger partial charge >= 0.3 is 0 Å². The minimum Gasteiger partial charge on any atom is -0.486 e. The highest BCUT2D eigenvalue weighted by Gasteiger charge is 2.00. The molecule has 0 radical (unpaired) electrons. The molecular weight excluding hydrogens is 256 g/mol. The molecule has 0 N–H and O–H groups in total. The molecule has 0 spiro atoms. The third kappa shape index (κ3) is 2.63. The van der Waals surface area contributed by atoms with Crippen LogP contribution in [0.2, 0.25) is 0 Å². The molecule has 0 amide bonds. The van der Waals surface area contributed by atoms with E-state index in [2.05, 4.69) is 15.9 Å². The summed E-state index contributed by atoms with van der Waals surface area (Å²) in [5, 5.41) is 0. The van der Waals surface area contributed by atoms with Gasteiger partial charge < -0.3 is 9.15 Å². The van der Waals surface area contributed by atoms with E-state index in [1.165, 1.54) is 0 Å². The standard InChI is InChI=1S/C12H11BrO2/c1-9-7-10(4-5-12(9)13)15-8-11-3-2-6-14-11/h2-7H,8H2,1H3. The Bertz CT molecular complexity index is 435. The van der Waals surface area contributed by atoms with E-state index < -0.39 is 0 Å². The summed E-state index contributed by atoms with van der Waals surface area (Å²) in [6, 6.07) is 9.65. The van der Waals surface area contributed by atoms with Gasteiger partial charge in [0.2, 0.25) is 0 Å². The SMILES string of the molecule is Cc1cc(OCc2ccco2)ccc1Br. The molecule has 0 aliphatic rings. The molecule has 2 aromatic rings. The number of furan rings is 1. The van der Waals surface area contributed by atoms with Crippen molar-refractivity contribution in [3.05, 3.63) is 52.4 Å². The summed E-state index contributed by atoms with van der Waals surface area (Å²) in [6.07, 6.45) is 1.64. The second-order valence-corrected chi connectivity index (χ2v) is 4.13. The molecule has 0 bridgehead atoms. The van der Waals surface area contributed by atoms with Crippen LogP contribution in [0.25, 0.3) is 0 Å². The third-order valence-electron chi connectivity index (χ3n) is 2.09. The second kappa shape index (κ2) is 4.53. The normalized spacial score (nSPS) is 10.3. The Labute approximate surface area is 97.0 Å². The van der Waals surface area contributed by atoms with Crippen LogP contribution in [0, 0.1) is 6.92 Å². The predicted molar refractivity (Wildman–Crippen MR) is 61.9 cm³/mol. The van der Waals surface area contributed by atoms with Gasteiger partial charge in [-0.2, -0.15) is 0 Å². The highest BCUT2D eigenvalue weighted by Crippen LogP contribution is 2.22. The van der Waals surface area contributed by atoms with Crippen LogP contribution in [0.15, 0.2) is 45.5 Å². The molecule has 0 aliphatic carbocycles. The van der Waals surface area contributed by atoms with Crippen LogP contribution in [-0.4, -0.2) is 0 Å². The van der Waals surface area contributed by atoms with Crippen molar-refractivity contribution in [1.82, 2.24) is 0 Å². The fraction of sp³-hybridized carbons (Fsp3) is 0.167. The number of hydrogen-bond donors (Lipinski definition) is 0. The summed E-state index contributed by atoms with van der Waals surface area (Å²) in [7, 11) is 0. The Kier molecular flexibility index (Phi) is 3.11. The molecule has 0 aliphatic heterocycles. The smallest absolute Gasteiger partial charge is 0.146 e. The predicted octanol–water partition coefficient (Wildman–Crippen LogP) is 3.93. The second-order valence-electron chi connectivity index (χ2n) is 3.28. The third-order valence-corrected chi connectivity index (χ3v) is 2.98. The Morgan fingerprint density at radius 1 is 1.33 bits per heavy atom. The van der Waals surface area contributed by atoms with E-state index in [0.29, 0.717) is 6.61 Å². The molecule has 0 unspecified atom stereocenters. The summed E-state index contributed by atoms with van der Waals surface area (Å²) < 4.78 is 11.8. The number of rotatable bonds is 3. The molecular formula is C12H11BrO2. The molecule has 2 rings (SSSR count). The highest BCUT2D eigenvalue weighted by molar-refractivity contribution is 9.10.